The molecule has 3 rings (SSSR count). The lowest BCUT2D eigenvalue weighted by Gasteiger charge is -2.35. The lowest BCUT2D eigenvalue weighted by molar-refractivity contribution is 0.101. The first-order valence-corrected chi connectivity index (χ1v) is 7.99. The molecule has 0 saturated carbocycles. The molecule has 124 valence electrons. The van der Waals surface area contributed by atoms with Crippen molar-refractivity contribution in [2.75, 3.05) is 34.8 Å². The number of nitrogens with zero attached hydrogens (tertiary/aromatic N) is 3. The van der Waals surface area contributed by atoms with E-state index in [1.165, 1.54) is 6.92 Å². The maximum Gasteiger partial charge on any atom is 0.326 e. The van der Waals surface area contributed by atoms with Crippen molar-refractivity contribution in [2.45, 2.75) is 13.8 Å². The van der Waals surface area contributed by atoms with Gasteiger partial charge in [0.05, 0.1) is 5.69 Å². The van der Waals surface area contributed by atoms with Gasteiger partial charge in [0.2, 0.25) is 0 Å². The monoisotopic (exact) mass is 324 g/mol. The summed E-state index contributed by atoms with van der Waals surface area (Å²) in [7, 11) is 0. The summed E-state index contributed by atoms with van der Waals surface area (Å²) in [6, 6.07) is 10.5. The highest BCUT2D eigenvalue weighted by atomic mass is 16.2. The first-order valence-electron chi connectivity index (χ1n) is 7.99. The molecule has 1 aromatic carbocycles. The molecule has 0 bridgehead atoms. The molecular formula is C18H20N4O2. The Labute approximate surface area is 141 Å². The minimum atomic E-state index is -0.222. The number of benzene rings is 1. The Hall–Kier alpha value is -2.89. The van der Waals surface area contributed by atoms with E-state index in [0.717, 1.165) is 24.6 Å². The van der Waals surface area contributed by atoms with Crippen molar-refractivity contribution in [1.82, 2.24) is 4.98 Å². The van der Waals surface area contributed by atoms with E-state index < -0.39 is 0 Å². The summed E-state index contributed by atoms with van der Waals surface area (Å²) in [5, 5.41) is 2.87. The number of fused-ring (bicyclic) bond motifs is 1. The number of aromatic nitrogens is 1. The van der Waals surface area contributed by atoms with Gasteiger partial charge in [0.25, 0.3) is 0 Å². The van der Waals surface area contributed by atoms with Crippen LogP contribution in [0.4, 0.5) is 22.0 Å². The number of nitrogens with one attached hydrogen (secondary N) is 1. The zero-order chi connectivity index (χ0) is 17.1. The molecule has 0 radical (unpaired) electrons. The number of amides is 2. The van der Waals surface area contributed by atoms with Gasteiger partial charge in [-0.25, -0.2) is 9.78 Å². The van der Waals surface area contributed by atoms with Crippen LogP contribution in [0.15, 0.2) is 42.6 Å². The van der Waals surface area contributed by atoms with Crippen LogP contribution >= 0.6 is 0 Å². The normalized spacial score (nSPS) is 13.4. The van der Waals surface area contributed by atoms with E-state index in [9.17, 15) is 9.59 Å². The average Bonchev–Trinajstić information content (AvgIpc) is 2.60. The Morgan fingerprint density at radius 2 is 2.04 bits per heavy atom. The highest BCUT2D eigenvalue weighted by Crippen LogP contribution is 2.30. The fourth-order valence-corrected chi connectivity index (χ4v) is 2.82. The number of ketones is 1. The quantitative estimate of drug-likeness (QED) is 0.881. The van der Waals surface area contributed by atoms with E-state index in [1.807, 2.05) is 12.1 Å². The van der Waals surface area contributed by atoms with E-state index in [2.05, 4.69) is 22.1 Å². The van der Waals surface area contributed by atoms with Crippen LogP contribution in [0.3, 0.4) is 0 Å². The Balaban J connectivity index is 1.83. The molecule has 0 spiro atoms. The van der Waals surface area contributed by atoms with Crippen LogP contribution in [0.2, 0.25) is 0 Å². The summed E-state index contributed by atoms with van der Waals surface area (Å²) in [5.41, 5.74) is 1.98. The molecular weight excluding hydrogens is 304 g/mol. The van der Waals surface area contributed by atoms with Crippen LogP contribution in [0.1, 0.15) is 24.2 Å². The van der Waals surface area contributed by atoms with Gasteiger partial charge in [-0.3, -0.25) is 9.69 Å². The van der Waals surface area contributed by atoms with Crippen LogP contribution in [0.25, 0.3) is 0 Å². The number of hydrogen-bond donors (Lipinski definition) is 1. The number of likely N-dealkylation sites (N-methyl/N-ethyl adjacent to an activating group) is 1. The van der Waals surface area contributed by atoms with Gasteiger partial charge in [0.1, 0.15) is 0 Å². The summed E-state index contributed by atoms with van der Waals surface area (Å²) >= 11 is 0. The lowest BCUT2D eigenvalue weighted by atomic mass is 10.1. The number of pyridine rings is 1. The Morgan fingerprint density at radius 1 is 1.21 bits per heavy atom. The van der Waals surface area contributed by atoms with Gasteiger partial charge in [-0.2, -0.15) is 0 Å². The van der Waals surface area contributed by atoms with Crippen molar-refractivity contribution in [2.24, 2.45) is 0 Å². The third-order valence-corrected chi connectivity index (χ3v) is 4.10. The van der Waals surface area contributed by atoms with E-state index >= 15 is 0 Å². The van der Waals surface area contributed by atoms with Gasteiger partial charge >= 0.3 is 6.03 Å². The molecule has 0 aliphatic carbocycles. The second-order valence-electron chi connectivity index (χ2n) is 5.64. The van der Waals surface area contributed by atoms with Gasteiger partial charge in [-0.05, 0) is 38.1 Å². The van der Waals surface area contributed by atoms with Gasteiger partial charge in [-0.1, -0.05) is 12.1 Å². The van der Waals surface area contributed by atoms with Crippen LogP contribution in [0.5, 0.6) is 0 Å². The fraction of sp³-hybridized carbons (Fsp3) is 0.278. The van der Waals surface area contributed by atoms with Crippen molar-refractivity contribution < 1.29 is 9.59 Å². The minimum Gasteiger partial charge on any atom is -0.353 e. The summed E-state index contributed by atoms with van der Waals surface area (Å²) < 4.78 is 0. The molecule has 1 aromatic heterocycles. The average molecular weight is 324 g/mol. The van der Waals surface area contributed by atoms with E-state index in [4.69, 9.17) is 0 Å². The van der Waals surface area contributed by atoms with Gasteiger partial charge in [0, 0.05) is 37.1 Å². The van der Waals surface area contributed by atoms with Gasteiger partial charge in [-0.15, -0.1) is 0 Å². The van der Waals surface area contributed by atoms with Crippen molar-refractivity contribution in [3.05, 3.63) is 48.2 Å². The predicted octanol–water partition coefficient (Wildman–Crippen LogP) is 3.16. The first-order chi connectivity index (χ1) is 11.6. The number of carbonyl (C=O) groups excluding carboxylic acids is 2. The molecule has 6 nitrogen and oxygen atoms in total. The predicted molar refractivity (Wildman–Crippen MR) is 94.9 cm³/mol. The van der Waals surface area contributed by atoms with Crippen molar-refractivity contribution >= 4 is 29.0 Å². The number of rotatable bonds is 3. The summed E-state index contributed by atoms with van der Waals surface area (Å²) in [4.78, 5) is 32.4. The Kier molecular flexibility index (Phi) is 4.46. The molecule has 1 N–H and O–H groups in total. The third kappa shape index (κ3) is 3.08. The Morgan fingerprint density at radius 3 is 2.79 bits per heavy atom. The molecule has 1 aliphatic rings. The Bertz CT molecular complexity index is 775. The van der Waals surface area contributed by atoms with E-state index in [0.29, 0.717) is 17.8 Å². The molecule has 24 heavy (non-hydrogen) atoms. The molecule has 0 fully saturated rings. The molecule has 2 heterocycles. The zero-order valence-electron chi connectivity index (χ0n) is 13.8. The number of hydrogen-bond acceptors (Lipinski definition) is 4. The molecule has 6 heteroatoms. The van der Waals surface area contributed by atoms with Crippen LogP contribution < -0.4 is 15.1 Å². The van der Waals surface area contributed by atoms with Crippen molar-refractivity contribution in [1.29, 1.82) is 0 Å². The van der Waals surface area contributed by atoms with Crippen molar-refractivity contribution in [3.63, 3.8) is 0 Å². The minimum absolute atomic E-state index is 0.0304. The number of Topliss-reactive ketones (excluding diaryl/α,β-unsaturated/α-hetero) is 1. The van der Waals surface area contributed by atoms with Gasteiger partial charge < -0.3 is 10.2 Å². The molecule has 0 atom stereocenters. The smallest absolute Gasteiger partial charge is 0.326 e. The summed E-state index contributed by atoms with van der Waals surface area (Å²) in [5.74, 6) is 0.788. The summed E-state index contributed by atoms with van der Waals surface area (Å²) in [6.07, 6.45) is 1.74. The second kappa shape index (κ2) is 6.70. The highest BCUT2D eigenvalue weighted by molar-refractivity contribution is 6.04. The first kappa shape index (κ1) is 16.0. The number of carbonyl (C=O) groups is 2. The SMILES string of the molecule is CCN1CCN(C(=O)Nc2cccc(C(C)=O)c2)c2cccnc21. The van der Waals surface area contributed by atoms with Crippen LogP contribution in [-0.2, 0) is 0 Å². The van der Waals surface area contributed by atoms with Crippen LogP contribution in [0, 0.1) is 0 Å². The summed E-state index contributed by atoms with van der Waals surface area (Å²) in [6.45, 7) is 5.75. The standard InChI is InChI=1S/C18H20N4O2/c1-3-21-10-11-22(16-8-5-9-19-17(16)21)18(24)20-15-7-4-6-14(12-15)13(2)23/h4-9,12H,3,10-11H2,1-2H3,(H,20,24). The lowest BCUT2D eigenvalue weighted by Crippen LogP contribution is -2.46. The zero-order valence-corrected chi connectivity index (χ0v) is 13.8. The van der Waals surface area contributed by atoms with Gasteiger partial charge in [0.15, 0.2) is 11.6 Å². The molecule has 1 aliphatic heterocycles. The fourth-order valence-electron chi connectivity index (χ4n) is 2.82. The van der Waals surface area contributed by atoms with E-state index in [1.54, 1.807) is 35.4 Å². The number of anilines is 3. The third-order valence-electron chi connectivity index (χ3n) is 4.10. The number of urea groups is 1. The molecule has 2 amide bonds. The van der Waals surface area contributed by atoms with E-state index in [-0.39, 0.29) is 11.8 Å². The highest BCUT2D eigenvalue weighted by Gasteiger charge is 2.27. The topological polar surface area (TPSA) is 65.5 Å². The molecule has 0 saturated heterocycles. The maximum atomic E-state index is 12.7. The molecule has 0 unspecified atom stereocenters. The van der Waals surface area contributed by atoms with Crippen LogP contribution in [-0.4, -0.2) is 36.4 Å². The largest absolute Gasteiger partial charge is 0.353 e. The molecule has 2 aromatic rings. The second-order valence-corrected chi connectivity index (χ2v) is 5.64. The van der Waals surface area contributed by atoms with Crippen molar-refractivity contribution in [3.8, 4) is 0 Å². The maximum absolute atomic E-state index is 12.7.